The van der Waals surface area contributed by atoms with Crippen molar-refractivity contribution in [2.75, 3.05) is 6.61 Å². The third kappa shape index (κ3) is 5.29. The lowest BCUT2D eigenvalue weighted by Gasteiger charge is -2.14. The van der Waals surface area contributed by atoms with Gasteiger partial charge in [-0.1, -0.05) is 0 Å². The van der Waals surface area contributed by atoms with E-state index in [2.05, 4.69) is 0 Å². The molecule has 4 nitrogen and oxygen atoms in total. The zero-order valence-electron chi connectivity index (χ0n) is 17.6. The van der Waals surface area contributed by atoms with Crippen LogP contribution in [0.15, 0.2) is 48.5 Å². The van der Waals surface area contributed by atoms with Crippen LogP contribution in [-0.2, 0) is 17.1 Å². The number of aryl methyl sites for hydroxylation is 1. The summed E-state index contributed by atoms with van der Waals surface area (Å²) in [4.78, 5) is 24.8. The number of nitrogens with zero attached hydrogens (tertiary/aromatic N) is 1. The minimum absolute atomic E-state index is 0.119. The predicted molar refractivity (Wildman–Crippen MR) is 106 cm³/mol. The van der Waals surface area contributed by atoms with Gasteiger partial charge >= 0.3 is 18.3 Å². The van der Waals surface area contributed by atoms with E-state index in [-0.39, 0.29) is 23.8 Å². The number of Topliss-reactive ketones (excluding diaryl/α,β-unsaturated/α-hetero) is 1. The molecule has 11 heteroatoms. The molecule has 0 aliphatic carbocycles. The van der Waals surface area contributed by atoms with Crippen LogP contribution in [0.5, 0.6) is 0 Å². The van der Waals surface area contributed by atoms with E-state index in [0.29, 0.717) is 17.1 Å². The van der Waals surface area contributed by atoms with Gasteiger partial charge in [-0.05, 0) is 62.4 Å². The number of hydrogen-bond acceptors (Lipinski definition) is 3. The maximum atomic E-state index is 13.2. The molecular formula is C23H16F7NO3. The molecule has 3 rings (SSSR count). The Morgan fingerprint density at radius 1 is 0.853 bits per heavy atom. The van der Waals surface area contributed by atoms with Crippen molar-refractivity contribution in [3.05, 3.63) is 88.0 Å². The number of halogens is 7. The average Bonchev–Trinajstić information content (AvgIpc) is 3.05. The van der Waals surface area contributed by atoms with E-state index < -0.39 is 53.2 Å². The number of esters is 1. The highest BCUT2D eigenvalue weighted by molar-refractivity contribution is 6.00. The molecule has 0 radical (unpaired) electrons. The van der Waals surface area contributed by atoms with Gasteiger partial charge in [0.25, 0.3) is 0 Å². The molecule has 0 atom stereocenters. The SMILES string of the molecule is Cc1cc(C(=O)COC(=O)c2cc(C(F)(F)F)cc(C(F)(F)F)c2)c(C)n1-c1ccc(F)cc1. The van der Waals surface area contributed by atoms with Gasteiger partial charge in [0, 0.05) is 22.6 Å². The summed E-state index contributed by atoms with van der Waals surface area (Å²) in [7, 11) is 0. The first-order chi connectivity index (χ1) is 15.7. The Balaban J connectivity index is 1.83. The lowest BCUT2D eigenvalue weighted by molar-refractivity contribution is -0.143. The Hall–Kier alpha value is -3.63. The van der Waals surface area contributed by atoms with Crippen molar-refractivity contribution in [2.24, 2.45) is 0 Å². The smallest absolute Gasteiger partial charge is 0.416 e. The maximum absolute atomic E-state index is 13.2. The van der Waals surface area contributed by atoms with Crippen molar-refractivity contribution in [3.8, 4) is 5.69 Å². The largest absolute Gasteiger partial charge is 0.454 e. The number of ketones is 1. The number of carbonyl (C=O) groups excluding carboxylic acids is 2. The number of rotatable bonds is 5. The van der Waals surface area contributed by atoms with Crippen molar-refractivity contribution in [1.29, 1.82) is 0 Å². The summed E-state index contributed by atoms with van der Waals surface area (Å²) in [5.41, 5.74) is -2.67. The summed E-state index contributed by atoms with van der Waals surface area (Å²) >= 11 is 0. The number of alkyl halides is 6. The molecule has 0 unspecified atom stereocenters. The molecule has 0 fully saturated rings. The summed E-state index contributed by atoms with van der Waals surface area (Å²) in [5, 5.41) is 0. The van der Waals surface area contributed by atoms with Crippen LogP contribution >= 0.6 is 0 Å². The molecule has 0 saturated heterocycles. The van der Waals surface area contributed by atoms with Crippen LogP contribution in [0.25, 0.3) is 5.69 Å². The molecule has 34 heavy (non-hydrogen) atoms. The molecular weight excluding hydrogens is 471 g/mol. The van der Waals surface area contributed by atoms with Crippen molar-refractivity contribution in [3.63, 3.8) is 0 Å². The van der Waals surface area contributed by atoms with Crippen molar-refractivity contribution in [2.45, 2.75) is 26.2 Å². The lowest BCUT2D eigenvalue weighted by atomic mass is 10.0. The zero-order chi connectivity index (χ0) is 25.4. The second-order valence-corrected chi connectivity index (χ2v) is 7.39. The Morgan fingerprint density at radius 3 is 1.88 bits per heavy atom. The van der Waals surface area contributed by atoms with Crippen LogP contribution in [-0.4, -0.2) is 22.9 Å². The number of aromatic nitrogens is 1. The van der Waals surface area contributed by atoms with Crippen LogP contribution < -0.4 is 0 Å². The van der Waals surface area contributed by atoms with Gasteiger partial charge in [-0.3, -0.25) is 4.79 Å². The van der Waals surface area contributed by atoms with E-state index in [9.17, 15) is 40.3 Å². The Labute approximate surface area is 188 Å². The van der Waals surface area contributed by atoms with Gasteiger partial charge in [-0.25, -0.2) is 9.18 Å². The van der Waals surface area contributed by atoms with E-state index in [1.54, 1.807) is 18.4 Å². The third-order valence-corrected chi connectivity index (χ3v) is 4.97. The normalized spacial score (nSPS) is 12.0. The fourth-order valence-corrected chi connectivity index (χ4v) is 3.40. The Bertz CT molecular complexity index is 1210. The van der Waals surface area contributed by atoms with Gasteiger partial charge in [0.15, 0.2) is 6.61 Å². The molecule has 0 aliphatic rings. The summed E-state index contributed by atoms with van der Waals surface area (Å²) < 4.78 is 97.5. The van der Waals surface area contributed by atoms with Gasteiger partial charge < -0.3 is 9.30 Å². The molecule has 3 aromatic rings. The van der Waals surface area contributed by atoms with Crippen LogP contribution in [0.2, 0.25) is 0 Å². The number of hydrogen-bond donors (Lipinski definition) is 0. The van der Waals surface area contributed by atoms with Gasteiger partial charge in [0.2, 0.25) is 5.78 Å². The zero-order valence-corrected chi connectivity index (χ0v) is 17.6. The van der Waals surface area contributed by atoms with Gasteiger partial charge in [-0.15, -0.1) is 0 Å². The average molecular weight is 487 g/mol. The molecule has 1 aromatic heterocycles. The summed E-state index contributed by atoms with van der Waals surface area (Å²) in [6.45, 7) is 2.33. The first-order valence-electron chi connectivity index (χ1n) is 9.63. The minimum Gasteiger partial charge on any atom is -0.454 e. The molecule has 0 aliphatic heterocycles. The van der Waals surface area contributed by atoms with Gasteiger partial charge in [0.1, 0.15) is 5.82 Å². The molecule has 0 bridgehead atoms. The topological polar surface area (TPSA) is 48.3 Å². The molecule has 2 aromatic carbocycles. The Morgan fingerprint density at radius 2 is 1.38 bits per heavy atom. The lowest BCUT2D eigenvalue weighted by Crippen LogP contribution is -2.17. The maximum Gasteiger partial charge on any atom is 0.416 e. The van der Waals surface area contributed by atoms with E-state index in [1.165, 1.54) is 30.3 Å². The number of benzene rings is 2. The molecule has 0 saturated carbocycles. The van der Waals surface area contributed by atoms with Gasteiger partial charge in [0.05, 0.1) is 16.7 Å². The van der Waals surface area contributed by atoms with Crippen LogP contribution in [0.4, 0.5) is 30.7 Å². The van der Waals surface area contributed by atoms with E-state index in [4.69, 9.17) is 4.74 Å². The van der Waals surface area contributed by atoms with Crippen LogP contribution in [0.1, 0.15) is 43.2 Å². The minimum atomic E-state index is -5.13. The second kappa shape index (κ2) is 8.96. The Kier molecular flexibility index (Phi) is 6.59. The standard InChI is InChI=1S/C23H16F7NO3/c1-12-7-19(13(2)31(12)18-5-3-17(24)4-6-18)20(32)11-34-21(33)14-8-15(22(25,26)27)10-16(9-14)23(28,29)30/h3-10H,11H2,1-2H3. The monoisotopic (exact) mass is 487 g/mol. The predicted octanol–water partition coefficient (Wildman–Crippen LogP) is 6.31. The fourth-order valence-electron chi connectivity index (χ4n) is 3.40. The third-order valence-electron chi connectivity index (χ3n) is 4.97. The second-order valence-electron chi connectivity index (χ2n) is 7.39. The summed E-state index contributed by atoms with van der Waals surface area (Å²) in [5.74, 6) is -2.70. The summed E-state index contributed by atoms with van der Waals surface area (Å²) in [6.07, 6.45) is -10.3. The highest BCUT2D eigenvalue weighted by Gasteiger charge is 2.37. The highest BCUT2D eigenvalue weighted by Crippen LogP contribution is 2.36. The molecule has 0 N–H and O–H groups in total. The first kappa shape index (κ1) is 25.0. The van der Waals surface area contributed by atoms with Crippen LogP contribution in [0.3, 0.4) is 0 Å². The highest BCUT2D eigenvalue weighted by atomic mass is 19.4. The molecule has 1 heterocycles. The van der Waals surface area contributed by atoms with Crippen molar-refractivity contribution >= 4 is 11.8 Å². The summed E-state index contributed by atoms with van der Waals surface area (Å²) in [6, 6.07) is 7.21. The molecule has 180 valence electrons. The van der Waals surface area contributed by atoms with Crippen molar-refractivity contribution < 1.29 is 45.1 Å². The quantitative estimate of drug-likeness (QED) is 0.241. The molecule has 0 spiro atoms. The number of ether oxygens (including phenoxy) is 1. The fraction of sp³-hybridized carbons (Fsp3) is 0.217. The van der Waals surface area contributed by atoms with E-state index in [0.717, 1.165) is 0 Å². The first-order valence-corrected chi connectivity index (χ1v) is 9.63. The molecule has 0 amide bonds. The van der Waals surface area contributed by atoms with E-state index in [1.807, 2.05) is 0 Å². The van der Waals surface area contributed by atoms with Crippen LogP contribution in [0, 0.1) is 19.7 Å². The number of carbonyl (C=O) groups is 2. The van der Waals surface area contributed by atoms with Crippen molar-refractivity contribution in [1.82, 2.24) is 4.57 Å². The van der Waals surface area contributed by atoms with E-state index >= 15 is 0 Å². The van der Waals surface area contributed by atoms with Gasteiger partial charge in [-0.2, -0.15) is 26.3 Å².